The third-order valence-corrected chi connectivity index (χ3v) is 2.64. The van der Waals surface area contributed by atoms with Gasteiger partial charge in [0.15, 0.2) is 0 Å². The average molecular weight is 179 g/mol. The fourth-order valence-corrected chi connectivity index (χ4v) is 1.83. The molecule has 1 saturated heterocycles. The Balaban J connectivity index is 2.33. The Morgan fingerprint density at radius 3 is 2.92 bits per heavy atom. The highest BCUT2D eigenvalue weighted by Gasteiger charge is 2.35. The highest BCUT2D eigenvalue weighted by molar-refractivity contribution is 5.28. The number of rotatable bonds is 1. The van der Waals surface area contributed by atoms with Gasteiger partial charge in [-0.25, -0.2) is 4.39 Å². The van der Waals surface area contributed by atoms with Gasteiger partial charge in [0.25, 0.3) is 0 Å². The lowest BCUT2D eigenvalue weighted by Gasteiger charge is -2.18. The van der Waals surface area contributed by atoms with Gasteiger partial charge in [-0.05, 0) is 25.5 Å². The average Bonchev–Trinajstić information content (AvgIpc) is 2.54. The van der Waals surface area contributed by atoms with Crippen LogP contribution in [0.15, 0.2) is 24.3 Å². The largest absolute Gasteiger partial charge is 0.313 e. The van der Waals surface area contributed by atoms with Crippen molar-refractivity contribution >= 4 is 0 Å². The molecule has 2 heteroatoms. The quantitative estimate of drug-likeness (QED) is 0.696. The minimum Gasteiger partial charge on any atom is -0.313 e. The zero-order chi connectivity index (χ0) is 9.31. The van der Waals surface area contributed by atoms with E-state index in [-0.39, 0.29) is 0 Å². The van der Waals surface area contributed by atoms with Crippen LogP contribution in [-0.2, 0) is 5.67 Å². The Morgan fingerprint density at radius 1 is 1.46 bits per heavy atom. The fraction of sp³-hybridized carbons (Fsp3) is 0.455. The summed E-state index contributed by atoms with van der Waals surface area (Å²) in [7, 11) is 0. The normalized spacial score (nSPS) is 27.8. The van der Waals surface area contributed by atoms with Crippen molar-refractivity contribution in [3.63, 3.8) is 0 Å². The van der Waals surface area contributed by atoms with Gasteiger partial charge in [0.05, 0.1) is 0 Å². The first-order valence-corrected chi connectivity index (χ1v) is 4.67. The Morgan fingerprint density at radius 2 is 2.31 bits per heavy atom. The van der Waals surface area contributed by atoms with E-state index in [1.54, 1.807) is 0 Å². The Bertz CT molecular complexity index is 303. The standard InChI is InChI=1S/C11H14FN/c1-9-3-2-4-10(7-9)11(12)5-6-13-8-11/h2-4,7,13H,5-6,8H2,1H3/t11-/m1/s1. The number of aryl methyl sites for hydroxylation is 1. The molecule has 13 heavy (non-hydrogen) atoms. The number of nitrogens with one attached hydrogen (secondary N) is 1. The van der Waals surface area contributed by atoms with Crippen LogP contribution in [0.3, 0.4) is 0 Å². The summed E-state index contributed by atoms with van der Waals surface area (Å²) < 4.78 is 14.2. The molecule has 0 aliphatic carbocycles. The molecule has 1 aliphatic rings. The summed E-state index contributed by atoms with van der Waals surface area (Å²) in [6.45, 7) is 3.23. The smallest absolute Gasteiger partial charge is 0.149 e. The molecule has 0 amide bonds. The van der Waals surface area contributed by atoms with E-state index in [1.165, 1.54) is 0 Å². The molecule has 0 spiro atoms. The second kappa shape index (κ2) is 3.11. The third-order valence-electron chi connectivity index (χ3n) is 2.64. The van der Waals surface area contributed by atoms with Gasteiger partial charge in [-0.2, -0.15) is 0 Å². The molecular formula is C11H14FN. The van der Waals surface area contributed by atoms with E-state index < -0.39 is 5.67 Å². The first kappa shape index (κ1) is 8.70. The lowest BCUT2D eigenvalue weighted by atomic mass is 9.94. The van der Waals surface area contributed by atoms with Crippen LogP contribution in [0.25, 0.3) is 0 Å². The third kappa shape index (κ3) is 1.59. The van der Waals surface area contributed by atoms with E-state index in [9.17, 15) is 4.39 Å². The van der Waals surface area contributed by atoms with Gasteiger partial charge in [0.1, 0.15) is 5.67 Å². The van der Waals surface area contributed by atoms with E-state index in [0.29, 0.717) is 13.0 Å². The van der Waals surface area contributed by atoms with Crippen molar-refractivity contribution in [1.82, 2.24) is 5.32 Å². The molecule has 0 bridgehead atoms. The van der Waals surface area contributed by atoms with Crippen LogP contribution in [0.2, 0.25) is 0 Å². The van der Waals surface area contributed by atoms with Crippen molar-refractivity contribution in [2.75, 3.05) is 13.1 Å². The number of alkyl halides is 1. The Kier molecular flexibility index (Phi) is 2.08. The van der Waals surface area contributed by atoms with E-state index in [1.807, 2.05) is 31.2 Å². The first-order valence-electron chi connectivity index (χ1n) is 4.67. The topological polar surface area (TPSA) is 12.0 Å². The Labute approximate surface area is 78.0 Å². The molecule has 1 aromatic carbocycles. The predicted molar refractivity (Wildman–Crippen MR) is 51.5 cm³/mol. The maximum Gasteiger partial charge on any atom is 0.149 e. The van der Waals surface area contributed by atoms with E-state index in [2.05, 4.69) is 5.32 Å². The molecule has 2 rings (SSSR count). The minimum atomic E-state index is -1.13. The van der Waals surface area contributed by atoms with Crippen LogP contribution in [0.5, 0.6) is 0 Å². The van der Waals surface area contributed by atoms with Gasteiger partial charge >= 0.3 is 0 Å². The van der Waals surface area contributed by atoms with E-state index >= 15 is 0 Å². The van der Waals surface area contributed by atoms with Crippen molar-refractivity contribution in [3.8, 4) is 0 Å². The van der Waals surface area contributed by atoms with Crippen molar-refractivity contribution in [2.24, 2.45) is 0 Å². The van der Waals surface area contributed by atoms with Crippen LogP contribution < -0.4 is 5.32 Å². The second-order valence-corrected chi connectivity index (χ2v) is 3.76. The summed E-state index contributed by atoms with van der Waals surface area (Å²) in [5.41, 5.74) is 0.811. The highest BCUT2D eigenvalue weighted by Crippen LogP contribution is 2.32. The number of benzene rings is 1. The zero-order valence-electron chi connectivity index (χ0n) is 7.81. The fourth-order valence-electron chi connectivity index (χ4n) is 1.83. The molecule has 1 heterocycles. The minimum absolute atomic E-state index is 0.455. The molecule has 1 aliphatic heterocycles. The lowest BCUT2D eigenvalue weighted by Crippen LogP contribution is -2.23. The van der Waals surface area contributed by atoms with Crippen molar-refractivity contribution in [3.05, 3.63) is 35.4 Å². The van der Waals surface area contributed by atoms with Crippen LogP contribution in [0.4, 0.5) is 4.39 Å². The van der Waals surface area contributed by atoms with Crippen LogP contribution in [0, 0.1) is 6.92 Å². The molecule has 0 saturated carbocycles. The van der Waals surface area contributed by atoms with Gasteiger partial charge in [-0.3, -0.25) is 0 Å². The maximum atomic E-state index is 14.2. The SMILES string of the molecule is Cc1cccc([C@@]2(F)CCNC2)c1. The molecule has 0 radical (unpaired) electrons. The summed E-state index contributed by atoms with van der Waals surface area (Å²) in [6, 6.07) is 7.73. The number of hydrogen-bond acceptors (Lipinski definition) is 1. The number of hydrogen-bond donors (Lipinski definition) is 1. The van der Waals surface area contributed by atoms with E-state index in [0.717, 1.165) is 17.7 Å². The van der Waals surface area contributed by atoms with E-state index in [4.69, 9.17) is 0 Å². The van der Waals surface area contributed by atoms with Gasteiger partial charge in [-0.15, -0.1) is 0 Å². The molecular weight excluding hydrogens is 165 g/mol. The van der Waals surface area contributed by atoms with Crippen LogP contribution >= 0.6 is 0 Å². The number of halogens is 1. The lowest BCUT2D eigenvalue weighted by molar-refractivity contribution is 0.193. The Hall–Kier alpha value is -0.890. The first-order chi connectivity index (χ1) is 6.21. The zero-order valence-corrected chi connectivity index (χ0v) is 7.81. The molecule has 0 unspecified atom stereocenters. The van der Waals surface area contributed by atoms with Crippen LogP contribution in [-0.4, -0.2) is 13.1 Å². The summed E-state index contributed by atoms with van der Waals surface area (Å²) in [6.07, 6.45) is 0.594. The molecule has 1 aromatic rings. The second-order valence-electron chi connectivity index (χ2n) is 3.76. The summed E-state index contributed by atoms with van der Waals surface area (Å²) in [5.74, 6) is 0. The molecule has 1 nitrogen and oxygen atoms in total. The highest BCUT2D eigenvalue weighted by atomic mass is 19.1. The molecule has 1 N–H and O–H groups in total. The van der Waals surface area contributed by atoms with Gasteiger partial charge < -0.3 is 5.32 Å². The molecule has 1 atom stereocenters. The monoisotopic (exact) mass is 179 g/mol. The van der Waals surface area contributed by atoms with Crippen LogP contribution in [0.1, 0.15) is 17.5 Å². The maximum absolute atomic E-state index is 14.2. The van der Waals surface area contributed by atoms with Crippen molar-refractivity contribution in [1.29, 1.82) is 0 Å². The van der Waals surface area contributed by atoms with Crippen molar-refractivity contribution < 1.29 is 4.39 Å². The summed E-state index contributed by atoms with van der Waals surface area (Å²) in [4.78, 5) is 0. The summed E-state index contributed by atoms with van der Waals surface area (Å²) in [5, 5.41) is 3.06. The molecule has 0 aromatic heterocycles. The summed E-state index contributed by atoms with van der Waals surface area (Å²) >= 11 is 0. The predicted octanol–water partition coefficient (Wildman–Crippen LogP) is 2.15. The van der Waals surface area contributed by atoms with Gasteiger partial charge in [-0.1, -0.05) is 29.8 Å². The van der Waals surface area contributed by atoms with Crippen molar-refractivity contribution in [2.45, 2.75) is 19.0 Å². The molecule has 1 fully saturated rings. The molecule has 70 valence electrons. The van der Waals surface area contributed by atoms with Gasteiger partial charge in [0.2, 0.25) is 0 Å². The van der Waals surface area contributed by atoms with Gasteiger partial charge in [0, 0.05) is 6.54 Å².